The fraction of sp³-hybridized carbons (Fsp3) is 0.143. The number of hydrogen-bond donors (Lipinski definition) is 2. The van der Waals surface area contributed by atoms with E-state index in [1.54, 1.807) is 61.2 Å². The number of carbonyl (C=O) groups excluding carboxylic acids is 2. The van der Waals surface area contributed by atoms with Crippen molar-refractivity contribution in [2.24, 2.45) is 0 Å². The lowest BCUT2D eigenvalue weighted by Crippen LogP contribution is -2.14. The first kappa shape index (κ1) is 38.0. The van der Waals surface area contributed by atoms with Crippen molar-refractivity contribution >= 4 is 56.5 Å². The molecule has 6 heterocycles. The molecular formula is C42H39ClN10O2. The van der Waals surface area contributed by atoms with Crippen LogP contribution in [0, 0.1) is 0 Å². The molecule has 12 nitrogen and oxygen atoms in total. The molecular weight excluding hydrogens is 712 g/mol. The van der Waals surface area contributed by atoms with Crippen LogP contribution in [0.25, 0.3) is 44.3 Å². The lowest BCUT2D eigenvalue weighted by atomic mass is 10.1. The maximum absolute atomic E-state index is 12.4. The Bertz CT molecular complexity index is 2550. The number of halogens is 1. The number of amides is 1. The lowest BCUT2D eigenvalue weighted by molar-refractivity contribution is 0.102. The Kier molecular flexibility index (Phi) is 12.0. The molecule has 2 aromatic carbocycles. The minimum atomic E-state index is -0.407. The van der Waals surface area contributed by atoms with Gasteiger partial charge in [0.05, 0.1) is 34.8 Å². The first-order valence-electron chi connectivity index (χ1n) is 17.5. The third-order valence-electron chi connectivity index (χ3n) is 8.53. The predicted octanol–water partition coefficient (Wildman–Crippen LogP) is 9.05. The van der Waals surface area contributed by atoms with Crippen molar-refractivity contribution in [1.82, 2.24) is 39.0 Å². The van der Waals surface area contributed by atoms with Gasteiger partial charge < -0.3 is 14.9 Å². The van der Waals surface area contributed by atoms with Crippen LogP contribution >= 0.6 is 11.6 Å². The van der Waals surface area contributed by atoms with E-state index in [-0.39, 0.29) is 17.8 Å². The highest BCUT2D eigenvalue weighted by Gasteiger charge is 2.16. The Morgan fingerprint density at radius 1 is 0.636 bits per heavy atom. The van der Waals surface area contributed by atoms with Crippen LogP contribution in [0.3, 0.4) is 0 Å². The van der Waals surface area contributed by atoms with Gasteiger partial charge in [0.25, 0.3) is 11.1 Å². The Morgan fingerprint density at radius 2 is 1.13 bits per heavy atom. The smallest absolute Gasteiger partial charge is 0.258 e. The molecule has 0 bridgehead atoms. The van der Waals surface area contributed by atoms with Crippen molar-refractivity contribution in [3.63, 3.8) is 0 Å². The molecule has 13 heteroatoms. The van der Waals surface area contributed by atoms with Crippen LogP contribution < -0.4 is 11.1 Å². The average Bonchev–Trinajstić information content (AvgIpc) is 3.80. The summed E-state index contributed by atoms with van der Waals surface area (Å²) in [4.78, 5) is 48.2. The van der Waals surface area contributed by atoms with Crippen molar-refractivity contribution in [2.45, 2.75) is 39.8 Å². The molecule has 276 valence electrons. The van der Waals surface area contributed by atoms with E-state index in [0.29, 0.717) is 23.2 Å². The van der Waals surface area contributed by atoms with Crippen LogP contribution in [0.1, 0.15) is 60.5 Å². The fourth-order valence-electron chi connectivity index (χ4n) is 5.88. The third-order valence-corrected chi connectivity index (χ3v) is 8.75. The van der Waals surface area contributed by atoms with Crippen molar-refractivity contribution in [3.8, 4) is 22.5 Å². The van der Waals surface area contributed by atoms with E-state index in [4.69, 9.17) is 17.3 Å². The summed E-state index contributed by atoms with van der Waals surface area (Å²) in [6.07, 6.45) is 14.8. The van der Waals surface area contributed by atoms with Crippen LogP contribution in [-0.2, 0) is 0 Å². The van der Waals surface area contributed by atoms with Crippen molar-refractivity contribution < 1.29 is 9.59 Å². The lowest BCUT2D eigenvalue weighted by Gasteiger charge is -2.08. The molecule has 8 rings (SSSR count). The maximum atomic E-state index is 12.4. The van der Waals surface area contributed by atoms with Gasteiger partial charge in [0, 0.05) is 82.3 Å². The molecule has 8 aromatic rings. The second-order valence-electron chi connectivity index (χ2n) is 12.9. The normalized spacial score (nSPS) is 10.8. The number of anilines is 2. The first-order valence-corrected chi connectivity index (χ1v) is 17.9. The standard InChI is InChI=1S/C21H19N5O.C14H15N5.C7H5ClO/c1-14(2)26-13-17(16-8-10-22-12-19(16)26)18-9-11-23-21(24-18)25-20(27)15-6-4-3-5-7-15;1-9(2)19-8-11(10-3-5-16-7-13(10)19)12-4-6-17-14(15)18-12;8-7(9)6-4-2-1-3-5-6/h3-14H,1-2H3,(H,23,24,25,27);3-9H,1-2H3,(H2,15,17,18);1-5H. The number of pyridine rings is 2. The zero-order valence-electron chi connectivity index (χ0n) is 30.7. The highest BCUT2D eigenvalue weighted by molar-refractivity contribution is 6.67. The van der Waals surface area contributed by atoms with E-state index >= 15 is 0 Å². The van der Waals surface area contributed by atoms with Gasteiger partial charge in [0.2, 0.25) is 11.9 Å². The van der Waals surface area contributed by atoms with Gasteiger partial charge in [-0.1, -0.05) is 48.5 Å². The Labute approximate surface area is 323 Å². The summed E-state index contributed by atoms with van der Waals surface area (Å²) in [5.74, 6) is 0.333. The molecule has 1 amide bonds. The molecule has 0 fully saturated rings. The summed E-state index contributed by atoms with van der Waals surface area (Å²) in [6.45, 7) is 8.54. The largest absolute Gasteiger partial charge is 0.368 e. The van der Waals surface area contributed by atoms with E-state index in [9.17, 15) is 9.59 Å². The Balaban J connectivity index is 0.000000159. The van der Waals surface area contributed by atoms with Gasteiger partial charge in [-0.25, -0.2) is 19.9 Å². The third kappa shape index (κ3) is 9.06. The quantitative estimate of drug-likeness (QED) is 0.152. The Morgan fingerprint density at radius 3 is 1.60 bits per heavy atom. The molecule has 0 unspecified atom stereocenters. The molecule has 0 saturated carbocycles. The molecule has 0 saturated heterocycles. The first-order chi connectivity index (χ1) is 26.6. The molecule has 3 N–H and O–H groups in total. The number of benzene rings is 2. The molecule has 0 radical (unpaired) electrons. The van der Waals surface area contributed by atoms with E-state index in [1.807, 2.05) is 60.9 Å². The number of nitrogens with one attached hydrogen (secondary N) is 1. The van der Waals surface area contributed by atoms with E-state index in [1.165, 1.54) is 0 Å². The minimum absolute atomic E-state index is 0.235. The Hall–Kier alpha value is -6.79. The number of nitrogens with zero attached hydrogens (tertiary/aromatic N) is 8. The second kappa shape index (κ2) is 17.4. The van der Waals surface area contributed by atoms with Gasteiger partial charge in [-0.15, -0.1) is 0 Å². The zero-order valence-corrected chi connectivity index (χ0v) is 31.5. The number of rotatable bonds is 7. The predicted molar refractivity (Wildman–Crippen MR) is 218 cm³/mol. The highest BCUT2D eigenvalue weighted by Crippen LogP contribution is 2.32. The van der Waals surface area contributed by atoms with Crippen molar-refractivity contribution in [1.29, 1.82) is 0 Å². The summed E-state index contributed by atoms with van der Waals surface area (Å²) in [5.41, 5.74) is 12.6. The summed E-state index contributed by atoms with van der Waals surface area (Å²) >= 11 is 5.16. The van der Waals surface area contributed by atoms with E-state index in [0.717, 1.165) is 44.3 Å². The average molecular weight is 751 g/mol. The molecule has 0 aliphatic heterocycles. The summed E-state index contributed by atoms with van der Waals surface area (Å²) < 4.78 is 4.36. The number of nitrogens with two attached hydrogens (primary N) is 1. The maximum Gasteiger partial charge on any atom is 0.258 e. The zero-order chi connectivity index (χ0) is 38.9. The van der Waals surface area contributed by atoms with Gasteiger partial charge in [-0.2, -0.15) is 0 Å². The van der Waals surface area contributed by atoms with Crippen molar-refractivity contribution in [2.75, 3.05) is 11.1 Å². The van der Waals surface area contributed by atoms with Crippen LogP contribution in [0.4, 0.5) is 11.9 Å². The summed E-state index contributed by atoms with van der Waals surface area (Å²) in [6, 6.07) is 26.1. The molecule has 55 heavy (non-hydrogen) atoms. The fourth-order valence-corrected chi connectivity index (χ4v) is 6.01. The molecule has 0 spiro atoms. The second-order valence-corrected chi connectivity index (χ2v) is 13.2. The number of fused-ring (bicyclic) bond motifs is 2. The number of hydrogen-bond acceptors (Lipinski definition) is 9. The molecule has 0 aliphatic rings. The highest BCUT2D eigenvalue weighted by atomic mass is 35.5. The topological polar surface area (TPSA) is 159 Å². The monoisotopic (exact) mass is 750 g/mol. The minimum Gasteiger partial charge on any atom is -0.368 e. The van der Waals surface area contributed by atoms with E-state index < -0.39 is 5.24 Å². The number of nitrogen functional groups attached to an aromatic ring is 1. The SMILES string of the molecule is CC(C)n1cc(-c2ccnc(N)n2)c2ccncc21.CC(C)n1cc(-c2ccnc(NC(=O)c3ccccc3)n2)c2ccncc21.O=C(Cl)c1ccccc1. The van der Waals surface area contributed by atoms with Crippen LogP contribution in [0.15, 0.2) is 135 Å². The van der Waals surface area contributed by atoms with Crippen LogP contribution in [0.2, 0.25) is 0 Å². The van der Waals surface area contributed by atoms with Gasteiger partial charge in [-0.3, -0.25) is 24.9 Å². The van der Waals surface area contributed by atoms with Gasteiger partial charge in [0.15, 0.2) is 0 Å². The number of carbonyl (C=O) groups is 2. The summed E-state index contributed by atoms with van der Waals surface area (Å²) in [7, 11) is 0. The number of aromatic nitrogens is 8. The summed E-state index contributed by atoms with van der Waals surface area (Å²) in [5, 5.41) is 4.55. The van der Waals surface area contributed by atoms with Gasteiger partial charge >= 0.3 is 0 Å². The van der Waals surface area contributed by atoms with Crippen LogP contribution in [0.5, 0.6) is 0 Å². The molecule has 0 aliphatic carbocycles. The van der Waals surface area contributed by atoms with Crippen LogP contribution in [-0.4, -0.2) is 50.2 Å². The van der Waals surface area contributed by atoms with Gasteiger partial charge in [-0.05, 0) is 75.7 Å². The molecule has 6 aromatic heterocycles. The van der Waals surface area contributed by atoms with Crippen molar-refractivity contribution in [3.05, 3.63) is 146 Å². The molecule has 0 atom stereocenters. The van der Waals surface area contributed by atoms with E-state index in [2.05, 4.69) is 84.4 Å². The van der Waals surface area contributed by atoms with Gasteiger partial charge in [0.1, 0.15) is 0 Å².